The van der Waals surface area contributed by atoms with Gasteiger partial charge < -0.3 is 19.6 Å². The summed E-state index contributed by atoms with van der Waals surface area (Å²) in [6.45, 7) is 3.98. The number of aromatic nitrogens is 2. The Balaban J connectivity index is 1.75. The van der Waals surface area contributed by atoms with Gasteiger partial charge in [-0.15, -0.1) is 0 Å². The van der Waals surface area contributed by atoms with Gasteiger partial charge in [-0.05, 0) is 43.3 Å². The third kappa shape index (κ3) is 4.20. The number of aromatic hydroxyl groups is 1. The largest absolute Gasteiger partial charge is 0.494 e. The highest BCUT2D eigenvalue weighted by atomic mass is 32.1. The first kappa shape index (κ1) is 22.2. The van der Waals surface area contributed by atoms with Crippen molar-refractivity contribution in [3.63, 3.8) is 0 Å². The maximum Gasteiger partial charge on any atom is 0.266 e. The summed E-state index contributed by atoms with van der Waals surface area (Å²) >= 11 is 5.17. The van der Waals surface area contributed by atoms with Crippen LogP contribution in [-0.2, 0) is 18.8 Å². The van der Waals surface area contributed by atoms with Crippen LogP contribution in [0.1, 0.15) is 28.8 Å². The Morgan fingerprint density at radius 3 is 2.50 bits per heavy atom. The monoisotopic (exact) mass is 457 g/mol. The minimum Gasteiger partial charge on any atom is -0.494 e. The van der Waals surface area contributed by atoms with Crippen LogP contribution in [0.25, 0.3) is 0 Å². The predicted molar refractivity (Wildman–Crippen MR) is 125 cm³/mol. The highest BCUT2D eigenvalue weighted by Crippen LogP contribution is 2.33. The second-order valence-corrected chi connectivity index (χ2v) is 8.37. The van der Waals surface area contributed by atoms with Gasteiger partial charge in [-0.25, -0.2) is 0 Å². The summed E-state index contributed by atoms with van der Waals surface area (Å²) < 4.78 is 8.20. The molecule has 32 heavy (non-hydrogen) atoms. The van der Waals surface area contributed by atoms with E-state index in [1.165, 1.54) is 15.3 Å². The van der Waals surface area contributed by atoms with Crippen molar-refractivity contribution in [2.45, 2.75) is 12.8 Å². The number of amides is 1. The van der Waals surface area contributed by atoms with Crippen LogP contribution in [0.15, 0.2) is 28.0 Å². The van der Waals surface area contributed by atoms with E-state index >= 15 is 0 Å². The van der Waals surface area contributed by atoms with E-state index in [9.17, 15) is 14.7 Å². The molecule has 0 aliphatic carbocycles. The minimum absolute atomic E-state index is 0.0425. The zero-order valence-corrected chi connectivity index (χ0v) is 19.1. The number of benzene rings is 1. The number of hydrogen-bond acceptors (Lipinski definition) is 7. The molecule has 1 aromatic carbocycles. The van der Waals surface area contributed by atoms with E-state index in [0.29, 0.717) is 37.6 Å². The van der Waals surface area contributed by atoms with E-state index < -0.39 is 5.56 Å². The number of anilines is 1. The summed E-state index contributed by atoms with van der Waals surface area (Å²) in [5, 5.41) is 10.5. The van der Waals surface area contributed by atoms with Gasteiger partial charge in [0, 0.05) is 52.1 Å². The van der Waals surface area contributed by atoms with Crippen LogP contribution in [0, 0.1) is 4.77 Å². The molecule has 2 aliphatic heterocycles. The standard InChI is InChI=1S/C22H27N5O4S/c1-24-20(29)16(21(30)25(2)22(24)32)14-23-17-13-15(19(28)27-9-11-31-12-10-27)5-6-18(17)26-7-3-4-8-26/h5-6,13-14,29H,3-4,7-12H2,1-2H3. The molecule has 0 unspecified atom stereocenters. The van der Waals surface area contributed by atoms with Crippen molar-refractivity contribution < 1.29 is 14.6 Å². The maximum atomic E-state index is 13.0. The SMILES string of the molecule is Cn1c(O)c(C=Nc2cc(C(=O)N3CCOCC3)ccc2N2CCCC2)c(=O)n(C)c1=S. The molecule has 2 aliphatic rings. The number of nitrogens with zero attached hydrogens (tertiary/aromatic N) is 5. The zero-order valence-electron chi connectivity index (χ0n) is 18.3. The molecule has 0 bridgehead atoms. The first-order valence-electron chi connectivity index (χ1n) is 10.7. The first-order chi connectivity index (χ1) is 15.4. The number of carbonyl (C=O) groups excluding carboxylic acids is 1. The molecule has 2 aromatic rings. The van der Waals surface area contributed by atoms with Crippen LogP contribution in [0.4, 0.5) is 11.4 Å². The molecule has 1 amide bonds. The molecular weight excluding hydrogens is 430 g/mol. The molecule has 10 heteroatoms. The fourth-order valence-corrected chi connectivity index (χ4v) is 4.21. The smallest absolute Gasteiger partial charge is 0.266 e. The van der Waals surface area contributed by atoms with Crippen molar-refractivity contribution >= 4 is 35.7 Å². The molecule has 0 radical (unpaired) electrons. The lowest BCUT2D eigenvalue weighted by Crippen LogP contribution is -2.40. The van der Waals surface area contributed by atoms with Crippen molar-refractivity contribution in [3.05, 3.63) is 44.5 Å². The molecular formula is C22H27N5O4S. The highest BCUT2D eigenvalue weighted by Gasteiger charge is 2.22. The van der Waals surface area contributed by atoms with Crippen LogP contribution in [0.5, 0.6) is 5.88 Å². The van der Waals surface area contributed by atoms with Gasteiger partial charge in [-0.1, -0.05) is 0 Å². The number of carbonyl (C=O) groups is 1. The molecule has 1 aromatic heterocycles. The molecule has 3 heterocycles. The molecule has 2 fully saturated rings. The van der Waals surface area contributed by atoms with Gasteiger partial charge in [-0.3, -0.25) is 23.7 Å². The summed E-state index contributed by atoms with van der Waals surface area (Å²) in [4.78, 5) is 34.2. The van der Waals surface area contributed by atoms with Crippen LogP contribution in [0.2, 0.25) is 0 Å². The normalized spacial score (nSPS) is 16.8. The maximum absolute atomic E-state index is 13.0. The van der Waals surface area contributed by atoms with Gasteiger partial charge in [0.1, 0.15) is 5.56 Å². The summed E-state index contributed by atoms with van der Waals surface area (Å²) in [5.74, 6) is -0.316. The summed E-state index contributed by atoms with van der Waals surface area (Å²) in [6, 6.07) is 5.49. The lowest BCUT2D eigenvalue weighted by Gasteiger charge is -2.27. The van der Waals surface area contributed by atoms with E-state index in [4.69, 9.17) is 17.0 Å². The lowest BCUT2D eigenvalue weighted by molar-refractivity contribution is 0.0303. The number of aliphatic imine (C=N–C) groups is 1. The quantitative estimate of drug-likeness (QED) is 0.558. The van der Waals surface area contributed by atoms with Crippen molar-refractivity contribution in [1.82, 2.24) is 14.0 Å². The second-order valence-electron chi connectivity index (χ2n) is 8.00. The lowest BCUT2D eigenvalue weighted by atomic mass is 10.1. The van der Waals surface area contributed by atoms with Gasteiger partial charge in [0.15, 0.2) is 4.77 Å². The number of ether oxygens (including phenoxy) is 1. The van der Waals surface area contributed by atoms with E-state index in [2.05, 4.69) is 9.89 Å². The molecule has 9 nitrogen and oxygen atoms in total. The number of morpholine rings is 1. The fraction of sp³-hybridized carbons (Fsp3) is 0.455. The van der Waals surface area contributed by atoms with Gasteiger partial charge in [-0.2, -0.15) is 0 Å². The Labute approximate surface area is 191 Å². The van der Waals surface area contributed by atoms with Crippen LogP contribution < -0.4 is 10.5 Å². The van der Waals surface area contributed by atoms with Crippen LogP contribution >= 0.6 is 12.2 Å². The summed E-state index contributed by atoms with van der Waals surface area (Å²) in [6.07, 6.45) is 3.54. The molecule has 0 saturated carbocycles. The van der Waals surface area contributed by atoms with Crippen LogP contribution in [0.3, 0.4) is 0 Å². The minimum atomic E-state index is -0.433. The molecule has 2 saturated heterocycles. The Morgan fingerprint density at radius 2 is 1.81 bits per heavy atom. The second kappa shape index (κ2) is 9.25. The zero-order chi connectivity index (χ0) is 22.8. The van der Waals surface area contributed by atoms with Gasteiger partial charge in [0.2, 0.25) is 5.88 Å². The summed E-state index contributed by atoms with van der Waals surface area (Å²) in [5.41, 5.74) is 1.62. The van der Waals surface area contributed by atoms with Gasteiger partial charge in [0.05, 0.1) is 24.6 Å². The number of hydrogen-bond donors (Lipinski definition) is 1. The Hall–Kier alpha value is -2.98. The first-order valence-corrected chi connectivity index (χ1v) is 11.1. The van der Waals surface area contributed by atoms with Gasteiger partial charge in [0.25, 0.3) is 11.5 Å². The Kier molecular flexibility index (Phi) is 6.43. The molecule has 170 valence electrons. The third-order valence-electron chi connectivity index (χ3n) is 5.97. The molecule has 1 N–H and O–H groups in total. The highest BCUT2D eigenvalue weighted by molar-refractivity contribution is 7.71. The van der Waals surface area contributed by atoms with E-state index in [-0.39, 0.29) is 22.1 Å². The van der Waals surface area contributed by atoms with Crippen molar-refractivity contribution in [2.24, 2.45) is 19.1 Å². The van der Waals surface area contributed by atoms with E-state index in [1.807, 2.05) is 12.1 Å². The van der Waals surface area contributed by atoms with Crippen molar-refractivity contribution in [3.8, 4) is 5.88 Å². The van der Waals surface area contributed by atoms with Crippen LogP contribution in [-0.4, -0.2) is 70.7 Å². The van der Waals surface area contributed by atoms with Gasteiger partial charge >= 0.3 is 0 Å². The summed E-state index contributed by atoms with van der Waals surface area (Å²) in [7, 11) is 3.14. The molecule has 4 rings (SSSR count). The predicted octanol–water partition coefficient (Wildman–Crippen LogP) is 1.98. The third-order valence-corrected chi connectivity index (χ3v) is 6.52. The molecule has 0 atom stereocenters. The van der Waals surface area contributed by atoms with Crippen molar-refractivity contribution in [1.29, 1.82) is 0 Å². The topological polar surface area (TPSA) is 92.3 Å². The molecule has 0 spiro atoms. The van der Waals surface area contributed by atoms with Crippen molar-refractivity contribution in [2.75, 3.05) is 44.3 Å². The fourth-order valence-electron chi connectivity index (χ4n) is 4.04. The number of rotatable bonds is 4. The average Bonchev–Trinajstić information content (AvgIpc) is 3.36. The Morgan fingerprint density at radius 1 is 1.12 bits per heavy atom. The van der Waals surface area contributed by atoms with E-state index in [1.54, 1.807) is 25.1 Å². The van der Waals surface area contributed by atoms with E-state index in [0.717, 1.165) is 31.6 Å². The Bertz CT molecular complexity index is 1170. The average molecular weight is 458 g/mol.